The lowest BCUT2D eigenvalue weighted by Gasteiger charge is -2.00. The van der Waals surface area contributed by atoms with E-state index in [0.717, 1.165) is 4.47 Å². The number of aromatic nitrogens is 1. The Kier molecular flexibility index (Phi) is 3.71. The highest BCUT2D eigenvalue weighted by Gasteiger charge is 2.26. The van der Waals surface area contributed by atoms with Crippen molar-refractivity contribution in [2.45, 2.75) is 4.90 Å². The van der Waals surface area contributed by atoms with Crippen LogP contribution in [0, 0.1) is 0 Å². The van der Waals surface area contributed by atoms with Crippen molar-refractivity contribution in [2.75, 3.05) is 0 Å². The van der Waals surface area contributed by atoms with Crippen LogP contribution in [0.1, 0.15) is 21.6 Å². The van der Waals surface area contributed by atoms with E-state index in [1.54, 1.807) is 30.3 Å². The highest BCUT2D eigenvalue weighted by molar-refractivity contribution is 9.10. The Labute approximate surface area is 131 Å². The Bertz CT molecular complexity index is 786. The minimum absolute atomic E-state index is 0.212. The molecule has 1 atom stereocenters. The van der Waals surface area contributed by atoms with E-state index in [-0.39, 0.29) is 4.90 Å². The van der Waals surface area contributed by atoms with Gasteiger partial charge in [-0.25, -0.2) is 9.00 Å². The van der Waals surface area contributed by atoms with Gasteiger partial charge < -0.3 is 9.29 Å². The summed E-state index contributed by atoms with van der Waals surface area (Å²) in [6.07, 6.45) is 2.92. The molecule has 1 aromatic carbocycles. The summed E-state index contributed by atoms with van der Waals surface area (Å²) in [7, 11) is 0. The molecule has 1 N–H and O–H groups in total. The molecule has 7 heteroatoms. The van der Waals surface area contributed by atoms with E-state index in [2.05, 4.69) is 20.9 Å². The minimum atomic E-state index is -2.06. The van der Waals surface area contributed by atoms with Gasteiger partial charge in [0, 0.05) is 22.3 Å². The van der Waals surface area contributed by atoms with Crippen molar-refractivity contribution in [1.29, 1.82) is 0 Å². The summed E-state index contributed by atoms with van der Waals surface area (Å²) in [5, 5.41) is 0. The number of esters is 1. The van der Waals surface area contributed by atoms with Gasteiger partial charge in [-0.2, -0.15) is 0 Å². The summed E-state index contributed by atoms with van der Waals surface area (Å²) in [6.45, 7) is 0. The van der Waals surface area contributed by atoms with Crippen molar-refractivity contribution < 1.29 is 18.3 Å². The smallest absolute Gasteiger partial charge is 0.344 e. The molecule has 0 fully saturated rings. The van der Waals surface area contributed by atoms with Crippen molar-refractivity contribution in [3.05, 3.63) is 57.8 Å². The molecular weight excluding hydrogens is 358 g/mol. The predicted octanol–water partition coefficient (Wildman–Crippen LogP) is 3.09. The van der Waals surface area contributed by atoms with Gasteiger partial charge in [-0.05, 0) is 30.3 Å². The van der Waals surface area contributed by atoms with Gasteiger partial charge in [-0.15, -0.1) is 0 Å². The molecule has 2 aromatic rings. The summed E-state index contributed by atoms with van der Waals surface area (Å²) < 4.78 is 25.9. The number of halogens is 1. The molecule has 0 bridgehead atoms. The van der Waals surface area contributed by atoms with Crippen molar-refractivity contribution in [1.82, 2.24) is 4.98 Å². The molecule has 0 saturated carbocycles. The monoisotopic (exact) mass is 365 g/mol. The largest absolute Gasteiger partial charge is 0.422 e. The number of benzene rings is 1. The first-order valence-corrected chi connectivity index (χ1v) is 7.75. The van der Waals surface area contributed by atoms with E-state index >= 15 is 0 Å². The third-order valence-corrected chi connectivity index (χ3v) is 4.05. The summed E-state index contributed by atoms with van der Waals surface area (Å²) in [6, 6.07) is 8.33. The van der Waals surface area contributed by atoms with Crippen LogP contribution >= 0.6 is 15.9 Å². The number of rotatable bonds is 2. The zero-order valence-corrected chi connectivity index (χ0v) is 12.8. The molecule has 0 saturated heterocycles. The summed E-state index contributed by atoms with van der Waals surface area (Å²) in [5.74, 6) is -0.00139. The second-order valence-corrected chi connectivity index (χ2v) is 6.14. The van der Waals surface area contributed by atoms with Crippen LogP contribution in [-0.4, -0.2) is 19.7 Å². The van der Waals surface area contributed by atoms with Gasteiger partial charge in [0.25, 0.3) is 0 Å². The molecular formula is C14H8BrNO4S. The third kappa shape index (κ3) is 2.80. The number of carbonyl (C=O) groups is 1. The van der Waals surface area contributed by atoms with Crippen molar-refractivity contribution >= 4 is 44.8 Å². The second-order valence-electron chi connectivity index (χ2n) is 4.26. The zero-order valence-electron chi connectivity index (χ0n) is 10.4. The summed E-state index contributed by atoms with van der Waals surface area (Å²) >= 11 is 1.29. The highest BCUT2D eigenvalue weighted by Crippen LogP contribution is 2.33. The Hall–Kier alpha value is -1.83. The van der Waals surface area contributed by atoms with E-state index in [1.165, 1.54) is 12.3 Å². The molecule has 1 aromatic heterocycles. The van der Waals surface area contributed by atoms with Crippen molar-refractivity contribution in [3.63, 3.8) is 0 Å². The van der Waals surface area contributed by atoms with E-state index in [4.69, 9.17) is 9.29 Å². The molecule has 21 heavy (non-hydrogen) atoms. The number of ether oxygens (including phenoxy) is 1. The molecule has 106 valence electrons. The number of hydrogen-bond acceptors (Lipinski definition) is 4. The molecule has 2 heterocycles. The van der Waals surface area contributed by atoms with Gasteiger partial charge in [-0.1, -0.05) is 15.9 Å². The quantitative estimate of drug-likeness (QED) is 0.653. The van der Waals surface area contributed by atoms with Crippen molar-refractivity contribution in [2.24, 2.45) is 0 Å². The predicted molar refractivity (Wildman–Crippen MR) is 80.7 cm³/mol. The van der Waals surface area contributed by atoms with Crippen LogP contribution < -0.4 is 0 Å². The molecule has 1 unspecified atom stereocenters. The van der Waals surface area contributed by atoms with E-state index in [1.807, 2.05) is 0 Å². The lowest BCUT2D eigenvalue weighted by molar-refractivity contribution is 0.0717. The van der Waals surface area contributed by atoms with E-state index in [0.29, 0.717) is 22.6 Å². The van der Waals surface area contributed by atoms with Crippen LogP contribution in [0.3, 0.4) is 0 Å². The highest BCUT2D eigenvalue weighted by atomic mass is 79.9. The Balaban J connectivity index is 2.00. The van der Waals surface area contributed by atoms with E-state index < -0.39 is 17.0 Å². The topological polar surface area (TPSA) is 76.5 Å². The number of carbonyl (C=O) groups excluding carboxylic acids is 1. The maximum absolute atomic E-state index is 11.7. The number of pyridine rings is 1. The van der Waals surface area contributed by atoms with Crippen LogP contribution in [0.4, 0.5) is 0 Å². The number of nitrogens with zero attached hydrogens (tertiary/aromatic N) is 1. The average Bonchev–Trinajstić information content (AvgIpc) is 2.75. The van der Waals surface area contributed by atoms with Crippen LogP contribution in [0.25, 0.3) is 11.8 Å². The van der Waals surface area contributed by atoms with Crippen LogP contribution in [-0.2, 0) is 15.8 Å². The Morgan fingerprint density at radius 2 is 2.05 bits per heavy atom. The third-order valence-electron chi connectivity index (χ3n) is 2.91. The van der Waals surface area contributed by atoms with Gasteiger partial charge >= 0.3 is 5.97 Å². The lowest BCUT2D eigenvalue weighted by Crippen LogP contribution is -1.93. The summed E-state index contributed by atoms with van der Waals surface area (Å²) in [5.41, 5.74) is 1.71. The first-order chi connectivity index (χ1) is 10.0. The number of fused-ring (bicyclic) bond motifs is 1. The second kappa shape index (κ2) is 5.51. The van der Waals surface area contributed by atoms with Crippen LogP contribution in [0.15, 0.2) is 45.9 Å². The van der Waals surface area contributed by atoms with Crippen LogP contribution in [0.2, 0.25) is 0 Å². The lowest BCUT2D eigenvalue weighted by atomic mass is 10.1. The zero-order chi connectivity index (χ0) is 15.0. The first kappa shape index (κ1) is 14.1. The fourth-order valence-electron chi connectivity index (χ4n) is 1.93. The molecule has 0 aliphatic carbocycles. The molecule has 1 aliphatic rings. The normalized spacial score (nSPS) is 16.7. The first-order valence-electron chi connectivity index (χ1n) is 5.85. The molecule has 0 spiro atoms. The molecule has 1 aliphatic heterocycles. The Morgan fingerprint density at radius 1 is 1.24 bits per heavy atom. The number of cyclic esters (lactones) is 1. The fraction of sp³-hybridized carbons (Fsp3) is 0. The van der Waals surface area contributed by atoms with Crippen molar-refractivity contribution in [3.8, 4) is 0 Å². The molecule has 0 radical (unpaired) electrons. The molecule has 3 rings (SSSR count). The van der Waals surface area contributed by atoms with Gasteiger partial charge in [0.05, 0.1) is 16.2 Å². The Morgan fingerprint density at radius 3 is 2.71 bits per heavy atom. The maximum atomic E-state index is 11.7. The SMILES string of the molecule is O=C1O/C(=C\c2ccc(S(=O)O)cn2)c2cc(Br)ccc21. The van der Waals surface area contributed by atoms with Crippen LogP contribution in [0.5, 0.6) is 0 Å². The standard InChI is InChI=1S/C14H8BrNO4S/c15-8-1-4-11-12(5-8)13(20-14(11)17)6-9-2-3-10(7-16-9)21(18)19/h1-7H,(H,18,19)/b13-6-. The molecule has 5 nitrogen and oxygen atoms in total. The van der Waals surface area contributed by atoms with Gasteiger partial charge in [0.2, 0.25) is 0 Å². The minimum Gasteiger partial charge on any atom is -0.422 e. The van der Waals surface area contributed by atoms with Gasteiger partial charge in [0.15, 0.2) is 11.1 Å². The number of hydrogen-bond donors (Lipinski definition) is 1. The van der Waals surface area contributed by atoms with E-state index in [9.17, 15) is 9.00 Å². The fourth-order valence-corrected chi connectivity index (χ4v) is 2.62. The average molecular weight is 366 g/mol. The maximum Gasteiger partial charge on any atom is 0.344 e. The van der Waals surface area contributed by atoms with Gasteiger partial charge in [0.1, 0.15) is 5.76 Å². The summed E-state index contributed by atoms with van der Waals surface area (Å²) in [4.78, 5) is 16.0. The van der Waals surface area contributed by atoms with Gasteiger partial charge in [-0.3, -0.25) is 4.98 Å². The molecule has 0 amide bonds.